The predicted molar refractivity (Wildman–Crippen MR) is 21.4 cm³/mol. The third-order valence-electron chi connectivity index (χ3n) is 0. The molecule has 0 atom stereocenters. The Labute approximate surface area is 190 Å². The first-order valence-electron chi connectivity index (χ1n) is 2.32. The summed E-state index contributed by atoms with van der Waals surface area (Å²) in [6.07, 6.45) is 0. The topological polar surface area (TPSA) is 241 Å². The van der Waals surface area contributed by atoms with Crippen molar-refractivity contribution < 1.29 is 116 Å². The molecule has 0 heterocycles. The molecule has 0 N–H and O–H groups in total. The molecule has 0 fully saturated rings. The molecule has 12 nitrogen and oxygen atoms in total. The Morgan fingerprint density at radius 1 is 0.632 bits per heavy atom. The van der Waals surface area contributed by atoms with Gasteiger partial charge in [-0.3, -0.25) is 0 Å². The number of hydrogen-bond donors (Lipinski definition) is 0. The molecule has 0 aliphatic carbocycles. The first-order valence-corrected chi connectivity index (χ1v) is 11.5. The van der Waals surface area contributed by atoms with Crippen molar-refractivity contribution in [1.29, 1.82) is 0 Å². The first kappa shape index (κ1) is 43.5. The minimum Gasteiger partial charge on any atom is 2.00 e. The molecule has 0 bridgehead atoms. The summed E-state index contributed by atoms with van der Waals surface area (Å²) in [6.45, 7) is 0. The molecule has 4 radical (unpaired) electrons. The van der Waals surface area contributed by atoms with Gasteiger partial charge in [0, 0.05) is 0 Å². The molecule has 0 unspecified atom stereocenters. The first-order chi connectivity index (χ1) is 6.93. The molecule has 0 aromatic rings. The van der Waals surface area contributed by atoms with Crippen molar-refractivity contribution in [3.63, 3.8) is 0 Å². The summed E-state index contributed by atoms with van der Waals surface area (Å²) in [6, 6.07) is 0. The average molecular weight is 912 g/mol. The molecular formula is MgNb2O12Pb2Ti2. The molecule has 19 heteroatoms. The maximum atomic E-state index is 8.60. The van der Waals surface area contributed by atoms with Crippen molar-refractivity contribution in [2.75, 3.05) is 0 Å². The zero-order valence-corrected chi connectivity index (χ0v) is 25.2. The molecule has 0 saturated carbocycles. The molecule has 0 aromatic heterocycles. The van der Waals surface area contributed by atoms with Crippen LogP contribution in [0, 0.1) is 0 Å². The summed E-state index contributed by atoms with van der Waals surface area (Å²) in [7, 11) is 0. The Morgan fingerprint density at radius 3 is 0.632 bits per heavy atom. The van der Waals surface area contributed by atoms with E-state index in [4.69, 9.17) is 41.6 Å². The second-order valence-electron chi connectivity index (χ2n) is 0.947. The van der Waals surface area contributed by atoms with E-state index in [0.29, 0.717) is 0 Å². The van der Waals surface area contributed by atoms with Crippen molar-refractivity contribution in [1.82, 2.24) is 0 Å². The average Bonchev–Trinajstić information content (AvgIpc) is 1.76. The van der Waals surface area contributed by atoms with E-state index in [-0.39, 0.29) is 77.7 Å². The summed E-state index contributed by atoms with van der Waals surface area (Å²) in [4.78, 5) is 0. The molecule has 0 aliphatic heterocycles. The van der Waals surface area contributed by atoms with E-state index in [0.717, 1.165) is 0 Å². The summed E-state index contributed by atoms with van der Waals surface area (Å²) < 4.78 is 103. The molecule has 0 amide bonds. The van der Waals surface area contributed by atoms with E-state index in [9.17, 15) is 0 Å². The van der Waals surface area contributed by atoms with E-state index < -0.39 is 74.8 Å². The number of rotatable bonds is 0. The van der Waals surface area contributed by atoms with Crippen molar-refractivity contribution in [2.45, 2.75) is 0 Å². The zero-order valence-electron chi connectivity index (χ0n) is 8.50. The second-order valence-corrected chi connectivity index (χ2v) is 4.71. The molecule has 0 saturated heterocycles. The molecule has 100 valence electrons. The fraction of sp³-hybridized carbons (Fsp3) is 0. The SMILES string of the molecule is [Mg+2].[O]=[Nb](=[O])[O-].[O]=[Nb](=[O])[O-].[O]=[Ti]([O-])[O-].[O]=[Ti]([O-])[O-].[Pb+2].[Pb+2]. The summed E-state index contributed by atoms with van der Waals surface area (Å²) in [5.74, 6) is 0. The third kappa shape index (κ3) is 535. The van der Waals surface area contributed by atoms with Gasteiger partial charge in [0.2, 0.25) is 0 Å². The van der Waals surface area contributed by atoms with Gasteiger partial charge in [-0.25, -0.2) is 0 Å². The standard InChI is InChI=1S/Mg.2Nb.12O.2Pb.2Ti/q+2;;;;;;;;;6*-1;2*+2;;. The van der Waals surface area contributed by atoms with Gasteiger partial charge in [-0.15, -0.1) is 0 Å². The summed E-state index contributed by atoms with van der Waals surface area (Å²) >= 11 is -16.6. The predicted octanol–water partition coefficient (Wildman–Crippen LogP) is -9.00. The summed E-state index contributed by atoms with van der Waals surface area (Å²) in [5.41, 5.74) is 0. The molecular weight excluding hydrogens is 912 g/mol. The fourth-order valence-electron chi connectivity index (χ4n) is 0. The normalized spacial score (nSPS) is 5.37. The van der Waals surface area contributed by atoms with Crippen LogP contribution in [-0.4, -0.2) is 77.7 Å². The zero-order chi connectivity index (χ0) is 14.3. The van der Waals surface area contributed by atoms with Crippen LogP contribution in [0.15, 0.2) is 0 Å². The van der Waals surface area contributed by atoms with Gasteiger partial charge in [-0.2, -0.15) is 0 Å². The Balaban J connectivity index is -0.0000000192. The van der Waals surface area contributed by atoms with E-state index >= 15 is 0 Å². The van der Waals surface area contributed by atoms with Crippen LogP contribution >= 0.6 is 0 Å². The van der Waals surface area contributed by atoms with Crippen LogP contribution in [0.3, 0.4) is 0 Å². The van der Waals surface area contributed by atoms with Crippen molar-refractivity contribution in [2.24, 2.45) is 0 Å². The Morgan fingerprint density at radius 2 is 0.632 bits per heavy atom. The van der Waals surface area contributed by atoms with Gasteiger partial charge in [0.25, 0.3) is 0 Å². The largest absolute Gasteiger partial charge is 2.00 e. The third-order valence-corrected chi connectivity index (χ3v) is 0. The van der Waals surface area contributed by atoms with Gasteiger partial charge >= 0.3 is 194 Å². The Bertz CT molecular complexity index is 268. The Hall–Kier alpha value is 4.08. The summed E-state index contributed by atoms with van der Waals surface area (Å²) in [5, 5.41) is 0. The van der Waals surface area contributed by atoms with Gasteiger partial charge in [-0.1, -0.05) is 0 Å². The molecule has 0 aromatic carbocycles. The van der Waals surface area contributed by atoms with Gasteiger partial charge in [0.15, 0.2) is 0 Å². The molecule has 19 heavy (non-hydrogen) atoms. The minimum absolute atomic E-state index is 0. The second kappa shape index (κ2) is 37.9. The van der Waals surface area contributed by atoms with Gasteiger partial charge in [0.1, 0.15) is 0 Å². The minimum atomic E-state index is -4.20. The fourth-order valence-corrected chi connectivity index (χ4v) is 0. The Kier molecular flexibility index (Phi) is 86.9. The van der Waals surface area contributed by atoms with E-state index in [1.807, 2.05) is 0 Å². The van der Waals surface area contributed by atoms with Crippen LogP contribution in [0.1, 0.15) is 0 Å². The smallest absolute Gasteiger partial charge is 2.00 e. The quantitative estimate of drug-likeness (QED) is 0.206. The van der Waals surface area contributed by atoms with Crippen LogP contribution < -0.4 is 22.0 Å². The van der Waals surface area contributed by atoms with E-state index in [1.54, 1.807) is 0 Å². The van der Waals surface area contributed by atoms with E-state index in [1.165, 1.54) is 0 Å². The van der Waals surface area contributed by atoms with Crippen molar-refractivity contribution in [3.8, 4) is 0 Å². The van der Waals surface area contributed by atoms with Crippen LogP contribution in [-0.2, 0) is 94.5 Å². The van der Waals surface area contributed by atoms with Crippen LogP contribution in [0.2, 0.25) is 0 Å². The monoisotopic (exact) mass is 914 g/mol. The number of hydrogen-bond acceptors (Lipinski definition) is 12. The maximum absolute atomic E-state index is 8.60. The van der Waals surface area contributed by atoms with Gasteiger partial charge in [-0.05, 0) is 0 Å². The van der Waals surface area contributed by atoms with Crippen molar-refractivity contribution in [3.05, 3.63) is 0 Å². The van der Waals surface area contributed by atoms with Crippen molar-refractivity contribution >= 4 is 77.7 Å². The van der Waals surface area contributed by atoms with Crippen LogP contribution in [0.4, 0.5) is 0 Å². The van der Waals surface area contributed by atoms with Crippen LogP contribution in [0.5, 0.6) is 0 Å². The molecule has 0 spiro atoms. The van der Waals surface area contributed by atoms with Crippen LogP contribution in [0.25, 0.3) is 0 Å². The molecule has 0 rings (SSSR count). The molecule has 0 aliphatic rings. The maximum Gasteiger partial charge on any atom is 2.00 e. The van der Waals surface area contributed by atoms with Gasteiger partial charge in [0.05, 0.1) is 0 Å². The van der Waals surface area contributed by atoms with E-state index in [2.05, 4.69) is 0 Å². The van der Waals surface area contributed by atoms with Gasteiger partial charge < -0.3 is 0 Å².